The summed E-state index contributed by atoms with van der Waals surface area (Å²) in [5.74, 6) is 0. The van der Waals surface area contributed by atoms with Gasteiger partial charge >= 0.3 is 27.5 Å². The van der Waals surface area contributed by atoms with Gasteiger partial charge in [-0.05, 0) is 0 Å². The summed E-state index contributed by atoms with van der Waals surface area (Å²) in [5, 5.41) is 0. The Kier molecular flexibility index (Phi) is 99.9. The molecule has 10 nitrogen and oxygen atoms in total. The van der Waals surface area contributed by atoms with Gasteiger partial charge in [-0.2, -0.15) is 21.5 Å². The molecule has 12 heteroatoms. The Labute approximate surface area is 91.9 Å². The molecule has 0 saturated carbocycles. The van der Waals surface area contributed by atoms with Crippen LogP contribution in [0.15, 0.2) is 0 Å². The molecular formula is C2H16FeN2O8S+2. The van der Waals surface area contributed by atoms with E-state index in [-0.39, 0.29) is 52.1 Å². The van der Waals surface area contributed by atoms with Crippen LogP contribution in [0.25, 0.3) is 11.5 Å². The summed E-state index contributed by atoms with van der Waals surface area (Å²) in [6.45, 7) is 0.472. The Morgan fingerprint density at radius 2 is 0.929 bits per heavy atom. The number of hydrogen-bond acceptors (Lipinski definition) is 2. The minimum atomic E-state index is -4.67. The molecule has 0 spiro atoms. The molecule has 0 radical (unpaired) electrons. The van der Waals surface area contributed by atoms with E-state index in [0.29, 0.717) is 0 Å². The summed E-state index contributed by atoms with van der Waals surface area (Å²) in [5.41, 5.74) is 12.5. The zero-order valence-corrected chi connectivity index (χ0v) is 8.81. The van der Waals surface area contributed by atoms with E-state index in [9.17, 15) is 0 Å². The summed E-state index contributed by atoms with van der Waals surface area (Å²) >= 11 is 0. The molecule has 0 aromatic heterocycles. The van der Waals surface area contributed by atoms with Crippen molar-refractivity contribution in [2.75, 3.05) is 13.1 Å². The minimum absolute atomic E-state index is 0. The van der Waals surface area contributed by atoms with Crippen LogP contribution in [-0.4, -0.2) is 52.5 Å². The largest absolute Gasteiger partial charge is 4.00 e. The van der Waals surface area contributed by atoms with Crippen LogP contribution in [0.5, 0.6) is 0 Å². The maximum Gasteiger partial charge on any atom is 4.00 e. The quantitative estimate of drug-likeness (QED) is 0.380. The second-order valence-electron chi connectivity index (χ2n) is 0.948. The van der Waals surface area contributed by atoms with Crippen LogP contribution in [0.3, 0.4) is 0 Å². The zero-order valence-electron chi connectivity index (χ0n) is 6.89. The average molecular weight is 284 g/mol. The molecule has 0 aromatic carbocycles. The summed E-state index contributed by atoms with van der Waals surface area (Å²) in [7, 11) is -4.67. The van der Waals surface area contributed by atoms with Crippen molar-refractivity contribution in [2.24, 2.45) is 0 Å². The van der Waals surface area contributed by atoms with Gasteiger partial charge in [0.05, 0.1) is 0 Å². The second-order valence-corrected chi connectivity index (χ2v) is 1.84. The molecule has 94 valence electrons. The summed E-state index contributed by atoms with van der Waals surface area (Å²) < 4.78 is 31.6. The third-order valence-corrected chi connectivity index (χ3v) is 0.125. The van der Waals surface area contributed by atoms with Gasteiger partial charge in [0, 0.05) is 0 Å². The van der Waals surface area contributed by atoms with Crippen LogP contribution in [0.2, 0.25) is 0 Å². The van der Waals surface area contributed by atoms with E-state index in [1.54, 1.807) is 0 Å². The Morgan fingerprint density at radius 1 is 0.857 bits per heavy atom. The number of nitrogens with one attached hydrogen (secondary N) is 2. The molecule has 0 bridgehead atoms. The summed E-state index contributed by atoms with van der Waals surface area (Å²) in [6, 6.07) is 0. The van der Waals surface area contributed by atoms with Gasteiger partial charge in [-0.3, -0.25) is 9.11 Å². The minimum Gasteiger partial charge on any atom is -0.679 e. The molecule has 0 heterocycles. The monoisotopic (exact) mass is 284 g/mol. The third kappa shape index (κ3) is 1140. The predicted octanol–water partition coefficient (Wildman–Crippen LogP) is -2.86. The molecular weight excluding hydrogens is 268 g/mol. The first-order valence-corrected chi connectivity index (χ1v) is 3.30. The Bertz CT molecular complexity index is 128. The molecule has 0 fully saturated rings. The van der Waals surface area contributed by atoms with Crippen molar-refractivity contribution in [2.45, 2.75) is 0 Å². The third-order valence-electron chi connectivity index (χ3n) is 0.125. The van der Waals surface area contributed by atoms with Gasteiger partial charge in [-0.15, -0.1) is 0 Å². The topological polar surface area (TPSA) is 248 Å². The van der Waals surface area contributed by atoms with Gasteiger partial charge in [-0.1, -0.05) is 0 Å². The van der Waals surface area contributed by atoms with Crippen LogP contribution >= 0.6 is 0 Å². The van der Waals surface area contributed by atoms with Crippen molar-refractivity contribution in [3.8, 4) is 0 Å². The van der Waals surface area contributed by atoms with E-state index in [4.69, 9.17) is 29.0 Å². The van der Waals surface area contributed by atoms with Crippen LogP contribution in [0.4, 0.5) is 0 Å². The predicted molar refractivity (Wildman–Crippen MR) is 47.0 cm³/mol. The fraction of sp³-hybridized carbons (Fsp3) is 1.00. The normalized spacial score (nSPS) is 6.29. The summed E-state index contributed by atoms with van der Waals surface area (Å²) in [4.78, 5) is 0. The number of hydrogen-bond donors (Lipinski definition) is 2. The fourth-order valence-corrected chi connectivity index (χ4v) is 0. The first-order chi connectivity index (χ1) is 3.91. The first kappa shape index (κ1) is 47.9. The second kappa shape index (κ2) is 29.2. The van der Waals surface area contributed by atoms with Crippen molar-refractivity contribution >= 4 is 10.4 Å². The molecule has 0 aromatic rings. The molecule has 12 N–H and O–H groups in total. The molecule has 0 aliphatic heterocycles. The number of rotatable bonds is 1. The molecule has 0 amide bonds. The molecule has 0 atom stereocenters. The molecule has 14 heavy (non-hydrogen) atoms. The Balaban J connectivity index is -0.0000000104. The van der Waals surface area contributed by atoms with Gasteiger partial charge in [0.15, 0.2) is 0 Å². The Morgan fingerprint density at radius 3 is 0.929 bits per heavy atom. The van der Waals surface area contributed by atoms with Crippen LogP contribution < -0.4 is 0 Å². The van der Waals surface area contributed by atoms with Crippen molar-refractivity contribution in [1.82, 2.24) is 0 Å². The van der Waals surface area contributed by atoms with Gasteiger partial charge in [0.25, 0.3) is 0 Å². The maximum absolute atomic E-state index is 8.74. The van der Waals surface area contributed by atoms with Crippen molar-refractivity contribution in [3.05, 3.63) is 11.5 Å². The average Bonchev–Trinajstić information content (AvgIpc) is 1.61. The van der Waals surface area contributed by atoms with Gasteiger partial charge < -0.3 is 33.4 Å². The zero-order chi connectivity index (χ0) is 7.91. The van der Waals surface area contributed by atoms with Gasteiger partial charge in [0.2, 0.25) is 0 Å². The molecule has 0 aliphatic rings. The van der Waals surface area contributed by atoms with E-state index in [2.05, 4.69) is 0 Å². The fourth-order valence-electron chi connectivity index (χ4n) is 0. The van der Waals surface area contributed by atoms with E-state index in [1.165, 1.54) is 0 Å². The van der Waals surface area contributed by atoms with E-state index in [1.807, 2.05) is 0 Å². The van der Waals surface area contributed by atoms with E-state index >= 15 is 0 Å². The van der Waals surface area contributed by atoms with Crippen LogP contribution in [-0.2, 0) is 27.5 Å². The van der Waals surface area contributed by atoms with Crippen LogP contribution in [0, 0.1) is 0 Å². The molecule has 0 saturated heterocycles. The van der Waals surface area contributed by atoms with Crippen LogP contribution in [0.1, 0.15) is 0 Å². The van der Waals surface area contributed by atoms with Crippen molar-refractivity contribution < 1.29 is 56.5 Å². The van der Waals surface area contributed by atoms with E-state index in [0.717, 1.165) is 0 Å². The summed E-state index contributed by atoms with van der Waals surface area (Å²) in [6.07, 6.45) is 0. The van der Waals surface area contributed by atoms with Gasteiger partial charge in [-0.25, -0.2) is 0 Å². The first-order valence-electron chi connectivity index (χ1n) is 1.91. The molecule has 0 unspecified atom stereocenters. The Hall–Kier alpha value is 0.149. The van der Waals surface area contributed by atoms with Crippen molar-refractivity contribution in [1.29, 1.82) is 0 Å². The molecule has 0 aliphatic carbocycles. The van der Waals surface area contributed by atoms with E-state index < -0.39 is 10.4 Å². The SMILES string of the molecule is O.O.O.O.O=S(=O)(O)O.[Fe+4].[NH-]CC[NH-]. The van der Waals surface area contributed by atoms with Gasteiger partial charge in [0.1, 0.15) is 0 Å². The maximum atomic E-state index is 8.74. The standard InChI is InChI=1S/C2H6N2.Fe.H2O4S.4H2O/c3-1-2-4;;1-5(2,3)4;;;;/h3-4H,1-2H2;;(H2,1,2,3,4);4*1H2/q-2;+4;;;;;. The molecule has 0 rings (SSSR count). The smallest absolute Gasteiger partial charge is 0.679 e. The van der Waals surface area contributed by atoms with Crippen molar-refractivity contribution in [3.63, 3.8) is 0 Å².